The Kier molecular flexibility index (Phi) is 5.52. The van der Waals surface area contributed by atoms with Crippen LogP contribution in [0.5, 0.6) is 11.5 Å². The van der Waals surface area contributed by atoms with Crippen molar-refractivity contribution >= 4 is 39.3 Å². The molecule has 1 amide bonds. The van der Waals surface area contributed by atoms with E-state index in [1.54, 1.807) is 0 Å². The van der Waals surface area contributed by atoms with E-state index in [2.05, 4.69) is 36.0 Å². The third-order valence-electron chi connectivity index (χ3n) is 5.07. The number of nitrogens with one attached hydrogen (secondary N) is 1. The van der Waals surface area contributed by atoms with Gasteiger partial charge in [0.05, 0.1) is 5.75 Å². The fourth-order valence-corrected chi connectivity index (χ4v) is 4.33. The molecule has 2 fully saturated rings. The zero-order valence-electron chi connectivity index (χ0n) is 16.3. The van der Waals surface area contributed by atoms with Crippen LogP contribution < -0.4 is 10.1 Å². The van der Waals surface area contributed by atoms with Crippen LogP contribution in [0.2, 0.25) is 0 Å². The van der Waals surface area contributed by atoms with E-state index in [0.717, 1.165) is 32.6 Å². The molecule has 5 rings (SSSR count). The molecule has 30 heavy (non-hydrogen) atoms. The van der Waals surface area contributed by atoms with Gasteiger partial charge < -0.3 is 14.6 Å². The lowest BCUT2D eigenvalue weighted by Gasteiger charge is -2.09. The highest BCUT2D eigenvalue weighted by atomic mass is 79.9. The molecule has 1 heterocycles. The summed E-state index contributed by atoms with van der Waals surface area (Å²) in [7, 11) is 0. The number of carbonyl (C=O) groups is 1. The van der Waals surface area contributed by atoms with Gasteiger partial charge in [-0.2, -0.15) is 0 Å². The van der Waals surface area contributed by atoms with Gasteiger partial charge in [0.2, 0.25) is 5.91 Å². The van der Waals surface area contributed by atoms with Crippen molar-refractivity contribution in [3.05, 3.63) is 58.8 Å². The molecule has 0 aliphatic heterocycles. The summed E-state index contributed by atoms with van der Waals surface area (Å²) in [4.78, 5) is 12.4. The van der Waals surface area contributed by atoms with Crippen molar-refractivity contribution in [2.24, 2.45) is 0 Å². The molecular weight excluding hydrogens is 464 g/mol. The SMILES string of the molecule is O=C(CSc1nnc(C2CC2)n1C1CC1)Nc1ccc(Oc2ccc(Br)cc2)cc1. The minimum atomic E-state index is -0.0557. The zero-order chi connectivity index (χ0) is 20.5. The number of thioether (sulfide) groups is 1. The van der Waals surface area contributed by atoms with Gasteiger partial charge in [0.1, 0.15) is 17.3 Å². The normalized spacial score (nSPS) is 15.8. The van der Waals surface area contributed by atoms with E-state index in [9.17, 15) is 4.79 Å². The molecule has 2 aromatic carbocycles. The van der Waals surface area contributed by atoms with Gasteiger partial charge in [-0.15, -0.1) is 10.2 Å². The number of ether oxygens (including phenoxy) is 1. The smallest absolute Gasteiger partial charge is 0.234 e. The highest BCUT2D eigenvalue weighted by molar-refractivity contribution is 9.10. The predicted octanol–water partition coefficient (Wildman–Crippen LogP) is 5.78. The minimum absolute atomic E-state index is 0.0557. The maximum absolute atomic E-state index is 12.4. The lowest BCUT2D eigenvalue weighted by Crippen LogP contribution is -2.14. The number of aromatic nitrogens is 3. The first-order chi connectivity index (χ1) is 14.7. The molecule has 0 spiro atoms. The summed E-state index contributed by atoms with van der Waals surface area (Å²) in [5, 5.41) is 12.6. The van der Waals surface area contributed by atoms with E-state index >= 15 is 0 Å². The van der Waals surface area contributed by atoms with Gasteiger partial charge in [0, 0.05) is 22.1 Å². The maximum atomic E-state index is 12.4. The number of carbonyl (C=O) groups excluding carboxylic acids is 1. The Balaban J connectivity index is 1.16. The summed E-state index contributed by atoms with van der Waals surface area (Å²) in [5.74, 6) is 3.42. The second-order valence-corrected chi connectivity index (χ2v) is 9.49. The molecule has 1 aromatic heterocycles. The second kappa shape index (κ2) is 8.43. The third-order valence-corrected chi connectivity index (χ3v) is 6.54. The Morgan fingerprint density at radius 1 is 1.03 bits per heavy atom. The van der Waals surface area contributed by atoms with E-state index in [1.165, 1.54) is 37.4 Å². The van der Waals surface area contributed by atoms with Crippen LogP contribution in [-0.2, 0) is 4.79 Å². The molecule has 1 N–H and O–H groups in total. The molecule has 0 atom stereocenters. The van der Waals surface area contributed by atoms with E-state index in [4.69, 9.17) is 4.74 Å². The fourth-order valence-electron chi connectivity index (χ4n) is 3.25. The molecule has 3 aromatic rings. The Morgan fingerprint density at radius 2 is 1.70 bits per heavy atom. The van der Waals surface area contributed by atoms with Gasteiger partial charge >= 0.3 is 0 Å². The van der Waals surface area contributed by atoms with Crippen molar-refractivity contribution in [2.75, 3.05) is 11.1 Å². The molecule has 2 aliphatic carbocycles. The third kappa shape index (κ3) is 4.70. The van der Waals surface area contributed by atoms with Gasteiger partial charge in [-0.25, -0.2) is 0 Å². The van der Waals surface area contributed by atoms with Crippen molar-refractivity contribution in [2.45, 2.75) is 42.8 Å². The number of hydrogen-bond acceptors (Lipinski definition) is 5. The van der Waals surface area contributed by atoms with E-state index < -0.39 is 0 Å². The van der Waals surface area contributed by atoms with Crippen LogP contribution in [-0.4, -0.2) is 26.4 Å². The summed E-state index contributed by atoms with van der Waals surface area (Å²) in [6.07, 6.45) is 4.79. The topological polar surface area (TPSA) is 69.0 Å². The van der Waals surface area contributed by atoms with E-state index in [-0.39, 0.29) is 5.91 Å². The zero-order valence-corrected chi connectivity index (χ0v) is 18.7. The molecular formula is C22H21BrN4O2S. The van der Waals surface area contributed by atoms with Crippen LogP contribution in [0.1, 0.15) is 43.5 Å². The van der Waals surface area contributed by atoms with Gasteiger partial charge in [-0.05, 0) is 74.2 Å². The Morgan fingerprint density at radius 3 is 2.33 bits per heavy atom. The average molecular weight is 485 g/mol. The van der Waals surface area contributed by atoms with Gasteiger partial charge in [-0.3, -0.25) is 4.79 Å². The number of anilines is 1. The quantitative estimate of drug-likeness (QED) is 0.410. The van der Waals surface area contributed by atoms with Crippen molar-refractivity contribution in [1.82, 2.24) is 14.8 Å². The van der Waals surface area contributed by atoms with Crippen molar-refractivity contribution in [1.29, 1.82) is 0 Å². The average Bonchev–Trinajstić information content (AvgIpc) is 3.68. The number of benzene rings is 2. The Hall–Kier alpha value is -2.32. The Bertz CT molecular complexity index is 1040. The van der Waals surface area contributed by atoms with Gasteiger partial charge in [0.25, 0.3) is 0 Å². The molecule has 0 unspecified atom stereocenters. The second-order valence-electron chi connectivity index (χ2n) is 7.63. The summed E-state index contributed by atoms with van der Waals surface area (Å²) in [6.45, 7) is 0. The van der Waals surface area contributed by atoms with Crippen LogP contribution in [0.25, 0.3) is 0 Å². The molecule has 0 radical (unpaired) electrons. The first kappa shape index (κ1) is 19.6. The van der Waals surface area contributed by atoms with Crippen LogP contribution in [0, 0.1) is 0 Å². The van der Waals surface area contributed by atoms with Crippen LogP contribution in [0.3, 0.4) is 0 Å². The molecule has 6 nitrogen and oxygen atoms in total. The van der Waals surface area contributed by atoms with Crippen molar-refractivity contribution < 1.29 is 9.53 Å². The lowest BCUT2D eigenvalue weighted by atomic mass is 10.3. The standard InChI is InChI=1S/C22H21BrN4O2S/c23-15-3-9-18(10-4-15)29-19-11-5-16(6-12-19)24-20(28)13-30-22-26-25-21(14-1-2-14)27(22)17-7-8-17/h3-6,9-12,14,17H,1-2,7-8,13H2,(H,24,28). The molecule has 0 saturated heterocycles. The first-order valence-corrected chi connectivity index (χ1v) is 11.8. The summed E-state index contributed by atoms with van der Waals surface area (Å²) < 4.78 is 9.08. The number of rotatable bonds is 8. The highest BCUT2D eigenvalue weighted by Crippen LogP contribution is 2.46. The summed E-state index contributed by atoms with van der Waals surface area (Å²) in [6, 6.07) is 15.5. The number of halogens is 1. The monoisotopic (exact) mass is 484 g/mol. The Labute approximate surface area is 187 Å². The van der Waals surface area contributed by atoms with Crippen molar-refractivity contribution in [3.8, 4) is 11.5 Å². The number of hydrogen-bond donors (Lipinski definition) is 1. The van der Waals surface area contributed by atoms with E-state index in [1.807, 2.05) is 48.5 Å². The van der Waals surface area contributed by atoms with Crippen LogP contribution in [0.15, 0.2) is 58.2 Å². The molecule has 2 saturated carbocycles. The number of amides is 1. The van der Waals surface area contributed by atoms with Crippen LogP contribution in [0.4, 0.5) is 5.69 Å². The van der Waals surface area contributed by atoms with Gasteiger partial charge in [-0.1, -0.05) is 27.7 Å². The van der Waals surface area contributed by atoms with Crippen molar-refractivity contribution in [3.63, 3.8) is 0 Å². The van der Waals surface area contributed by atoms with E-state index in [0.29, 0.717) is 17.7 Å². The fraction of sp³-hybridized carbons (Fsp3) is 0.318. The van der Waals surface area contributed by atoms with Crippen LogP contribution >= 0.6 is 27.7 Å². The molecule has 8 heteroatoms. The number of nitrogens with zero attached hydrogens (tertiary/aromatic N) is 3. The maximum Gasteiger partial charge on any atom is 0.234 e. The molecule has 0 bridgehead atoms. The largest absolute Gasteiger partial charge is 0.457 e. The highest BCUT2D eigenvalue weighted by Gasteiger charge is 2.36. The summed E-state index contributed by atoms with van der Waals surface area (Å²) in [5.41, 5.74) is 0.742. The molecule has 154 valence electrons. The first-order valence-electron chi connectivity index (χ1n) is 10.1. The molecule has 2 aliphatic rings. The lowest BCUT2D eigenvalue weighted by molar-refractivity contribution is -0.113. The van der Waals surface area contributed by atoms with Gasteiger partial charge in [0.15, 0.2) is 5.16 Å². The predicted molar refractivity (Wildman–Crippen MR) is 120 cm³/mol. The summed E-state index contributed by atoms with van der Waals surface area (Å²) >= 11 is 4.87. The minimum Gasteiger partial charge on any atom is -0.457 e.